The van der Waals surface area contributed by atoms with E-state index in [9.17, 15) is 9.90 Å². The number of piperazine rings is 1. The minimum Gasteiger partial charge on any atom is -0.506 e. The number of halogens is 2. The van der Waals surface area contributed by atoms with Crippen LogP contribution in [0.15, 0.2) is 42.5 Å². The van der Waals surface area contributed by atoms with E-state index in [0.29, 0.717) is 41.9 Å². The molecule has 0 bridgehead atoms. The maximum Gasteiger partial charge on any atom is 0.322 e. The molecule has 7 heteroatoms. The lowest BCUT2D eigenvalue weighted by molar-refractivity contribution is 0.208. The minimum absolute atomic E-state index is 0.198. The smallest absolute Gasteiger partial charge is 0.322 e. The van der Waals surface area contributed by atoms with Gasteiger partial charge in [-0.25, -0.2) is 4.79 Å². The number of carbonyl (C=O) groups excluding carboxylic acids is 1. The van der Waals surface area contributed by atoms with E-state index < -0.39 is 0 Å². The maximum absolute atomic E-state index is 12.4. The molecule has 1 aliphatic heterocycles. The zero-order valence-corrected chi connectivity index (χ0v) is 14.4. The Hall–Kier alpha value is -2.11. The Morgan fingerprint density at radius 3 is 2.42 bits per heavy atom. The molecule has 2 N–H and O–H groups in total. The summed E-state index contributed by atoms with van der Waals surface area (Å²) in [6.07, 6.45) is 0. The van der Waals surface area contributed by atoms with Crippen LogP contribution >= 0.6 is 23.2 Å². The zero-order chi connectivity index (χ0) is 17.1. The van der Waals surface area contributed by atoms with Crippen LogP contribution in [-0.4, -0.2) is 42.2 Å². The van der Waals surface area contributed by atoms with Gasteiger partial charge < -0.3 is 20.2 Å². The van der Waals surface area contributed by atoms with E-state index in [2.05, 4.69) is 10.2 Å². The molecule has 0 atom stereocenters. The van der Waals surface area contributed by atoms with Crippen molar-refractivity contribution < 1.29 is 9.90 Å². The van der Waals surface area contributed by atoms with Gasteiger partial charge in [0, 0.05) is 31.2 Å². The molecule has 2 aromatic carbocycles. The third kappa shape index (κ3) is 3.68. The Morgan fingerprint density at radius 1 is 1.04 bits per heavy atom. The number of phenolic OH excluding ortho intramolecular Hbond substituents is 1. The second-order valence-corrected chi connectivity index (χ2v) is 6.36. The van der Waals surface area contributed by atoms with Gasteiger partial charge >= 0.3 is 6.03 Å². The van der Waals surface area contributed by atoms with Gasteiger partial charge in [0.2, 0.25) is 0 Å². The van der Waals surface area contributed by atoms with Crippen molar-refractivity contribution in [3.63, 3.8) is 0 Å². The third-order valence-corrected chi connectivity index (χ3v) is 4.51. The van der Waals surface area contributed by atoms with Gasteiger partial charge in [0.1, 0.15) is 5.75 Å². The Morgan fingerprint density at radius 2 is 1.75 bits per heavy atom. The predicted octanol–water partition coefficient (Wildman–Crippen LogP) is 4.05. The largest absolute Gasteiger partial charge is 0.506 e. The van der Waals surface area contributed by atoms with Gasteiger partial charge in [0.15, 0.2) is 0 Å². The normalized spacial score (nSPS) is 14.6. The van der Waals surface area contributed by atoms with Crippen LogP contribution < -0.4 is 10.2 Å². The fourth-order valence-corrected chi connectivity index (χ4v) is 3.12. The zero-order valence-electron chi connectivity index (χ0n) is 12.9. The summed E-state index contributed by atoms with van der Waals surface area (Å²) in [6, 6.07) is 12.0. The molecule has 0 unspecified atom stereocenters. The molecule has 1 aliphatic rings. The van der Waals surface area contributed by atoms with Crippen LogP contribution in [0, 0.1) is 0 Å². The molecule has 24 heavy (non-hydrogen) atoms. The summed E-state index contributed by atoms with van der Waals surface area (Å²) in [4.78, 5) is 16.2. The number of phenols is 1. The molecule has 0 radical (unpaired) electrons. The quantitative estimate of drug-likeness (QED) is 0.843. The van der Waals surface area contributed by atoms with Crippen LogP contribution in [0.2, 0.25) is 10.0 Å². The second kappa shape index (κ2) is 7.20. The Bertz CT molecular complexity index is 746. The van der Waals surface area contributed by atoms with Crippen LogP contribution in [0.25, 0.3) is 0 Å². The summed E-state index contributed by atoms with van der Waals surface area (Å²) < 4.78 is 0. The van der Waals surface area contributed by atoms with Crippen LogP contribution in [0.3, 0.4) is 0 Å². The maximum atomic E-state index is 12.4. The van der Waals surface area contributed by atoms with E-state index in [4.69, 9.17) is 23.2 Å². The van der Waals surface area contributed by atoms with Gasteiger partial charge in [-0.1, -0.05) is 35.3 Å². The topological polar surface area (TPSA) is 55.8 Å². The van der Waals surface area contributed by atoms with Crippen LogP contribution in [0.1, 0.15) is 0 Å². The van der Waals surface area contributed by atoms with Crippen molar-refractivity contribution in [2.24, 2.45) is 0 Å². The first-order valence-corrected chi connectivity index (χ1v) is 8.34. The van der Waals surface area contributed by atoms with Gasteiger partial charge in [-0.2, -0.15) is 0 Å². The molecule has 126 valence electrons. The fourth-order valence-electron chi connectivity index (χ4n) is 2.67. The number of nitrogens with one attached hydrogen (secondary N) is 1. The number of nitrogens with zero attached hydrogens (tertiary/aromatic N) is 2. The highest BCUT2D eigenvalue weighted by Crippen LogP contribution is 2.28. The van der Waals surface area contributed by atoms with E-state index in [1.165, 1.54) is 0 Å². The number of hydrogen-bond acceptors (Lipinski definition) is 3. The van der Waals surface area contributed by atoms with Crippen molar-refractivity contribution in [3.8, 4) is 5.75 Å². The molecule has 5 nitrogen and oxygen atoms in total. The molecule has 1 saturated heterocycles. The molecular weight excluding hydrogens is 349 g/mol. The minimum atomic E-state index is -0.198. The molecular formula is C17H17Cl2N3O2. The molecule has 1 heterocycles. The van der Waals surface area contributed by atoms with Gasteiger partial charge in [-0.05, 0) is 30.3 Å². The number of urea groups is 1. The highest BCUT2D eigenvalue weighted by molar-refractivity contribution is 6.36. The van der Waals surface area contributed by atoms with E-state index in [0.717, 1.165) is 5.69 Å². The fraction of sp³-hybridized carbons (Fsp3) is 0.235. The molecule has 2 aromatic rings. The lowest BCUT2D eigenvalue weighted by Crippen LogP contribution is -2.50. The standard InChI is InChI=1S/C17H17Cl2N3O2/c18-12-5-6-14(13(19)11-12)20-17(24)22-9-7-21(8-10-22)15-3-1-2-4-16(15)23/h1-6,11,23H,7-10H2,(H,20,24). The molecule has 0 spiro atoms. The van der Waals surface area contributed by atoms with E-state index in [-0.39, 0.29) is 11.8 Å². The van der Waals surface area contributed by atoms with Crippen LogP contribution in [0.5, 0.6) is 5.75 Å². The summed E-state index contributed by atoms with van der Waals surface area (Å²) in [7, 11) is 0. The van der Waals surface area contributed by atoms with Crippen LogP contribution in [0.4, 0.5) is 16.2 Å². The molecule has 0 saturated carbocycles. The Labute approximate surface area is 150 Å². The summed E-state index contributed by atoms with van der Waals surface area (Å²) in [6.45, 7) is 2.43. The SMILES string of the molecule is O=C(Nc1ccc(Cl)cc1Cl)N1CCN(c2ccccc2O)CC1. The number of benzene rings is 2. The van der Waals surface area contributed by atoms with Crippen molar-refractivity contribution in [3.05, 3.63) is 52.5 Å². The predicted molar refractivity (Wildman–Crippen MR) is 97.4 cm³/mol. The highest BCUT2D eigenvalue weighted by Gasteiger charge is 2.23. The van der Waals surface area contributed by atoms with E-state index in [1.54, 1.807) is 35.2 Å². The van der Waals surface area contributed by atoms with Gasteiger partial charge in [0.05, 0.1) is 16.4 Å². The number of aromatic hydroxyl groups is 1. The highest BCUT2D eigenvalue weighted by atomic mass is 35.5. The number of para-hydroxylation sites is 2. The van der Waals surface area contributed by atoms with Gasteiger partial charge in [-0.15, -0.1) is 0 Å². The average molecular weight is 366 g/mol. The molecule has 1 fully saturated rings. The molecule has 2 amide bonds. The molecule has 0 aromatic heterocycles. The summed E-state index contributed by atoms with van der Waals surface area (Å²) >= 11 is 11.9. The van der Waals surface area contributed by atoms with Crippen molar-refractivity contribution >= 4 is 40.6 Å². The average Bonchev–Trinajstić information content (AvgIpc) is 2.58. The molecule has 0 aliphatic carbocycles. The van der Waals surface area contributed by atoms with Gasteiger partial charge in [-0.3, -0.25) is 0 Å². The number of amides is 2. The lowest BCUT2D eigenvalue weighted by Gasteiger charge is -2.36. The van der Waals surface area contributed by atoms with Crippen molar-refractivity contribution in [2.75, 3.05) is 36.4 Å². The first-order valence-electron chi connectivity index (χ1n) is 7.58. The van der Waals surface area contributed by atoms with E-state index >= 15 is 0 Å². The third-order valence-electron chi connectivity index (χ3n) is 3.96. The van der Waals surface area contributed by atoms with Crippen molar-refractivity contribution in [1.29, 1.82) is 0 Å². The van der Waals surface area contributed by atoms with E-state index in [1.807, 2.05) is 12.1 Å². The van der Waals surface area contributed by atoms with Crippen molar-refractivity contribution in [2.45, 2.75) is 0 Å². The summed E-state index contributed by atoms with van der Waals surface area (Å²) in [5.74, 6) is 0.253. The first-order chi connectivity index (χ1) is 11.5. The summed E-state index contributed by atoms with van der Waals surface area (Å²) in [5, 5.41) is 13.7. The number of rotatable bonds is 2. The monoisotopic (exact) mass is 365 g/mol. The Kier molecular flexibility index (Phi) is 5.02. The van der Waals surface area contributed by atoms with Crippen LogP contribution in [-0.2, 0) is 0 Å². The Balaban J connectivity index is 1.60. The second-order valence-electron chi connectivity index (χ2n) is 5.52. The number of hydrogen-bond donors (Lipinski definition) is 2. The number of anilines is 2. The lowest BCUT2D eigenvalue weighted by atomic mass is 10.2. The molecule has 3 rings (SSSR count). The number of carbonyl (C=O) groups is 1. The van der Waals surface area contributed by atoms with Crippen molar-refractivity contribution in [1.82, 2.24) is 4.90 Å². The van der Waals surface area contributed by atoms with Gasteiger partial charge in [0.25, 0.3) is 0 Å². The summed E-state index contributed by atoms with van der Waals surface area (Å²) in [5.41, 5.74) is 1.33. The first kappa shape index (κ1) is 16.7.